The minimum absolute atomic E-state index is 0.00668. The standard InChI is InChI=1S/C53H42N4/c1-3-14-43(45-26-27-46-47-32-37(35-54)21-28-48(47)53(49(46)34-45)29-11-6-12-30-53)31-36(2)42-19-13-20-44(33-42)38-22-24-41(25-23-38)52-56-50(39-15-7-4-8-16-39)55-51(57-52)40-17-9-5-10-18-40/h3-5,7-10,13-28,31-34H,1,6,11-12,29-30H2,2H3/b36-31+,43-14+. The summed E-state index contributed by atoms with van der Waals surface area (Å²) in [6.45, 7) is 6.27. The zero-order valence-corrected chi connectivity index (χ0v) is 32.1. The largest absolute Gasteiger partial charge is 0.208 e. The lowest BCUT2D eigenvalue weighted by molar-refractivity contribution is 0.353. The lowest BCUT2D eigenvalue weighted by Crippen LogP contribution is -2.28. The number of hydrogen-bond acceptors (Lipinski definition) is 4. The van der Waals surface area contributed by atoms with Crippen molar-refractivity contribution in [2.75, 3.05) is 0 Å². The van der Waals surface area contributed by atoms with E-state index >= 15 is 0 Å². The van der Waals surface area contributed by atoms with Crippen molar-refractivity contribution in [1.82, 2.24) is 15.0 Å². The van der Waals surface area contributed by atoms with Crippen LogP contribution in [-0.2, 0) is 5.41 Å². The Balaban J connectivity index is 1.02. The number of hydrogen-bond donors (Lipinski definition) is 0. The van der Waals surface area contributed by atoms with E-state index in [9.17, 15) is 5.26 Å². The first-order valence-electron chi connectivity index (χ1n) is 19.8. The third kappa shape index (κ3) is 6.83. The number of fused-ring (bicyclic) bond motifs is 5. The summed E-state index contributed by atoms with van der Waals surface area (Å²) >= 11 is 0. The molecule has 0 aliphatic heterocycles. The molecule has 0 unspecified atom stereocenters. The molecule has 9 rings (SSSR count). The van der Waals surface area contributed by atoms with Crippen LogP contribution in [0.15, 0.2) is 170 Å². The number of nitrogens with zero attached hydrogens (tertiary/aromatic N) is 4. The number of allylic oxidation sites excluding steroid dienone is 5. The average Bonchev–Trinajstić information content (AvgIpc) is 3.53. The molecule has 1 spiro atoms. The normalized spacial score (nSPS) is 14.5. The lowest BCUT2D eigenvalue weighted by atomic mass is 9.67. The van der Waals surface area contributed by atoms with E-state index in [1.54, 1.807) is 0 Å². The first-order chi connectivity index (χ1) is 28.0. The maximum absolute atomic E-state index is 9.71. The van der Waals surface area contributed by atoms with Gasteiger partial charge >= 0.3 is 0 Å². The quantitative estimate of drug-likeness (QED) is 0.146. The number of rotatable bonds is 8. The monoisotopic (exact) mass is 734 g/mol. The van der Waals surface area contributed by atoms with Crippen LogP contribution in [0.25, 0.3) is 67.6 Å². The third-order valence-electron chi connectivity index (χ3n) is 11.7. The zero-order valence-electron chi connectivity index (χ0n) is 32.1. The maximum Gasteiger partial charge on any atom is 0.164 e. The molecular formula is C53H42N4. The van der Waals surface area contributed by atoms with Crippen LogP contribution in [0.1, 0.15) is 66.8 Å². The molecule has 274 valence electrons. The summed E-state index contributed by atoms with van der Waals surface area (Å²) in [5, 5.41) is 9.71. The van der Waals surface area contributed by atoms with E-state index < -0.39 is 0 Å². The molecule has 0 radical (unpaired) electrons. The van der Waals surface area contributed by atoms with Crippen LogP contribution in [0.4, 0.5) is 0 Å². The summed E-state index contributed by atoms with van der Waals surface area (Å²) in [4.78, 5) is 14.7. The Morgan fingerprint density at radius 1 is 0.579 bits per heavy atom. The maximum atomic E-state index is 9.71. The van der Waals surface area contributed by atoms with Crippen molar-refractivity contribution in [2.45, 2.75) is 44.4 Å². The first kappa shape index (κ1) is 35.7. The summed E-state index contributed by atoms with van der Waals surface area (Å²) in [6, 6.07) is 53.0. The fourth-order valence-electron chi connectivity index (χ4n) is 8.81. The van der Waals surface area contributed by atoms with Crippen LogP contribution in [-0.4, -0.2) is 15.0 Å². The van der Waals surface area contributed by atoms with Crippen molar-refractivity contribution in [3.63, 3.8) is 0 Å². The number of benzene rings is 6. The van der Waals surface area contributed by atoms with Crippen LogP contribution in [0, 0.1) is 11.3 Å². The van der Waals surface area contributed by atoms with Gasteiger partial charge in [0.2, 0.25) is 0 Å². The van der Waals surface area contributed by atoms with Gasteiger partial charge in [0, 0.05) is 22.1 Å². The van der Waals surface area contributed by atoms with Crippen LogP contribution < -0.4 is 0 Å². The summed E-state index contributed by atoms with van der Waals surface area (Å²) < 4.78 is 0. The molecule has 57 heavy (non-hydrogen) atoms. The van der Waals surface area contributed by atoms with Crippen molar-refractivity contribution in [1.29, 1.82) is 5.26 Å². The predicted octanol–water partition coefficient (Wildman–Crippen LogP) is 13.3. The molecule has 1 aromatic heterocycles. The van der Waals surface area contributed by atoms with Gasteiger partial charge in [0.25, 0.3) is 0 Å². The van der Waals surface area contributed by atoms with Gasteiger partial charge < -0.3 is 0 Å². The molecule has 4 heteroatoms. The minimum atomic E-state index is 0.00668. The molecule has 0 amide bonds. The molecule has 0 bridgehead atoms. The number of nitriles is 1. The van der Waals surface area contributed by atoms with E-state index in [1.165, 1.54) is 52.7 Å². The van der Waals surface area contributed by atoms with Crippen LogP contribution in [0.2, 0.25) is 0 Å². The van der Waals surface area contributed by atoms with Gasteiger partial charge in [-0.3, -0.25) is 0 Å². The van der Waals surface area contributed by atoms with E-state index in [4.69, 9.17) is 15.0 Å². The van der Waals surface area contributed by atoms with Crippen LogP contribution >= 0.6 is 0 Å². The molecule has 2 aliphatic rings. The van der Waals surface area contributed by atoms with Crippen LogP contribution in [0.3, 0.4) is 0 Å². The molecule has 1 fully saturated rings. The molecule has 0 saturated heterocycles. The van der Waals surface area contributed by atoms with Gasteiger partial charge in [0.1, 0.15) is 0 Å². The highest BCUT2D eigenvalue weighted by atomic mass is 15.0. The zero-order chi connectivity index (χ0) is 38.8. The second-order valence-electron chi connectivity index (χ2n) is 15.2. The van der Waals surface area contributed by atoms with Crippen molar-refractivity contribution in [3.8, 4) is 62.5 Å². The highest BCUT2D eigenvalue weighted by Gasteiger charge is 2.43. The van der Waals surface area contributed by atoms with Gasteiger partial charge in [-0.2, -0.15) is 5.26 Å². The average molecular weight is 735 g/mol. The third-order valence-corrected chi connectivity index (χ3v) is 11.7. The van der Waals surface area contributed by atoms with Gasteiger partial charge in [0.05, 0.1) is 11.6 Å². The van der Waals surface area contributed by atoms with Crippen molar-refractivity contribution >= 4 is 11.1 Å². The van der Waals surface area contributed by atoms with Gasteiger partial charge in [-0.1, -0.05) is 165 Å². The molecular weight excluding hydrogens is 693 g/mol. The van der Waals surface area contributed by atoms with Crippen molar-refractivity contribution in [2.24, 2.45) is 0 Å². The summed E-state index contributed by atoms with van der Waals surface area (Å²) in [6.07, 6.45) is 12.3. The number of aromatic nitrogens is 3. The van der Waals surface area contributed by atoms with E-state index in [0.717, 1.165) is 57.4 Å². The fraction of sp³-hybridized carbons (Fsp3) is 0.132. The Kier molecular flexibility index (Phi) is 9.58. The predicted molar refractivity (Wildman–Crippen MR) is 234 cm³/mol. The fourth-order valence-corrected chi connectivity index (χ4v) is 8.81. The summed E-state index contributed by atoms with van der Waals surface area (Å²) in [5.41, 5.74) is 15.7. The molecule has 0 N–H and O–H groups in total. The highest BCUT2D eigenvalue weighted by Crippen LogP contribution is 2.56. The van der Waals surface area contributed by atoms with Gasteiger partial charge in [0.15, 0.2) is 17.5 Å². The second kappa shape index (κ2) is 15.3. The minimum Gasteiger partial charge on any atom is -0.208 e. The molecule has 0 atom stereocenters. The Bertz CT molecular complexity index is 2670. The molecule has 6 aromatic carbocycles. The van der Waals surface area contributed by atoms with Crippen LogP contribution in [0.5, 0.6) is 0 Å². The molecule has 4 nitrogen and oxygen atoms in total. The summed E-state index contributed by atoms with van der Waals surface area (Å²) in [7, 11) is 0. The Morgan fingerprint density at radius 3 is 1.82 bits per heavy atom. The van der Waals surface area contributed by atoms with Crippen molar-refractivity contribution in [3.05, 3.63) is 198 Å². The Morgan fingerprint density at radius 2 is 1.19 bits per heavy atom. The van der Waals surface area contributed by atoms with Gasteiger partial charge in [-0.05, 0) is 99.7 Å². The summed E-state index contributed by atoms with van der Waals surface area (Å²) in [5.74, 6) is 1.94. The second-order valence-corrected chi connectivity index (χ2v) is 15.2. The topological polar surface area (TPSA) is 62.5 Å². The van der Waals surface area contributed by atoms with Gasteiger partial charge in [-0.25, -0.2) is 15.0 Å². The van der Waals surface area contributed by atoms with Gasteiger partial charge in [-0.15, -0.1) is 0 Å². The molecule has 2 aliphatic carbocycles. The van der Waals surface area contributed by atoms with E-state index in [-0.39, 0.29) is 5.41 Å². The molecule has 1 heterocycles. The molecule has 1 saturated carbocycles. The highest BCUT2D eigenvalue weighted by molar-refractivity contribution is 5.89. The van der Waals surface area contributed by atoms with E-state index in [0.29, 0.717) is 17.5 Å². The Labute approximate surface area is 335 Å². The smallest absolute Gasteiger partial charge is 0.164 e. The molecule has 7 aromatic rings. The first-order valence-corrected chi connectivity index (χ1v) is 19.8. The van der Waals surface area contributed by atoms with E-state index in [1.807, 2.05) is 72.8 Å². The SMILES string of the molecule is C=C/C=C(\C=C(/C)c1cccc(-c2ccc(-c3nc(-c4ccccc4)nc(-c4ccccc4)n3)cc2)c1)c1ccc2c(c1)C1(CCCCC1)c1ccc(C#N)cc1-2. The lowest BCUT2D eigenvalue weighted by Gasteiger charge is -2.36. The van der Waals surface area contributed by atoms with E-state index in [2.05, 4.69) is 111 Å². The Hall–Kier alpha value is -6.96. The van der Waals surface area contributed by atoms with Crippen molar-refractivity contribution < 1.29 is 0 Å².